The zero-order valence-electron chi connectivity index (χ0n) is 20.0. The third kappa shape index (κ3) is 5.37. The molecule has 1 heterocycles. The van der Waals surface area contributed by atoms with E-state index < -0.39 is 11.2 Å². The van der Waals surface area contributed by atoms with Crippen LogP contribution in [0.5, 0.6) is 0 Å². The normalized spacial score (nSPS) is 10.7. The number of hydrogen-bond donors (Lipinski definition) is 2. The van der Waals surface area contributed by atoms with Crippen LogP contribution >= 0.6 is 0 Å². The number of H-pyrrole nitrogens is 1. The van der Waals surface area contributed by atoms with Gasteiger partial charge in [0.15, 0.2) is 0 Å². The maximum Gasteiger partial charge on any atom is 0.330 e. The number of methoxy groups -OCH3 is 1. The van der Waals surface area contributed by atoms with Crippen LogP contribution in [0, 0.1) is 11.3 Å². The first-order valence-electron chi connectivity index (χ1n) is 11.5. The molecule has 0 saturated heterocycles. The summed E-state index contributed by atoms with van der Waals surface area (Å²) in [5.41, 5.74) is 9.75. The Labute approximate surface area is 208 Å². The topological polar surface area (TPSA) is 117 Å². The molecule has 0 aliphatic carbocycles. The lowest BCUT2D eigenvalue weighted by molar-refractivity contribution is 0.205. The molecule has 0 atom stereocenters. The predicted molar refractivity (Wildman–Crippen MR) is 141 cm³/mol. The molecule has 0 aliphatic rings. The fourth-order valence-corrected chi connectivity index (χ4v) is 4.12. The van der Waals surface area contributed by atoms with Crippen molar-refractivity contribution in [3.8, 4) is 17.2 Å². The molecule has 8 heteroatoms. The molecule has 0 saturated carbocycles. The molecule has 8 nitrogen and oxygen atoms in total. The van der Waals surface area contributed by atoms with Crippen LogP contribution in [0.4, 0.5) is 11.5 Å². The molecule has 4 aromatic rings. The Morgan fingerprint density at radius 2 is 1.67 bits per heavy atom. The second-order valence-electron chi connectivity index (χ2n) is 8.33. The van der Waals surface area contributed by atoms with Gasteiger partial charge < -0.3 is 15.4 Å². The smallest absolute Gasteiger partial charge is 0.330 e. The van der Waals surface area contributed by atoms with Gasteiger partial charge in [0.2, 0.25) is 0 Å². The molecule has 0 aliphatic heterocycles. The van der Waals surface area contributed by atoms with E-state index in [4.69, 9.17) is 10.5 Å². The van der Waals surface area contributed by atoms with E-state index in [1.165, 1.54) is 4.57 Å². The van der Waals surface area contributed by atoms with Gasteiger partial charge >= 0.3 is 5.69 Å². The average molecular weight is 482 g/mol. The summed E-state index contributed by atoms with van der Waals surface area (Å²) in [6.45, 7) is 1.37. The molecule has 1 aromatic heterocycles. The molecule has 182 valence electrons. The maximum atomic E-state index is 12.9. The van der Waals surface area contributed by atoms with Crippen molar-refractivity contribution in [1.82, 2.24) is 9.55 Å². The van der Waals surface area contributed by atoms with Crippen molar-refractivity contribution in [1.29, 1.82) is 5.26 Å². The number of hydrogen-bond acceptors (Lipinski definition) is 6. The third-order valence-corrected chi connectivity index (χ3v) is 5.97. The molecule has 3 N–H and O–H groups in total. The molecular formula is C28H27N5O3. The summed E-state index contributed by atoms with van der Waals surface area (Å²) in [4.78, 5) is 29.7. The Hall–Kier alpha value is -4.61. The maximum absolute atomic E-state index is 12.9. The van der Waals surface area contributed by atoms with Gasteiger partial charge in [-0.2, -0.15) is 5.26 Å². The first kappa shape index (κ1) is 24.5. The number of aromatic nitrogens is 2. The Morgan fingerprint density at radius 1 is 0.972 bits per heavy atom. The van der Waals surface area contributed by atoms with Gasteiger partial charge in [0, 0.05) is 20.2 Å². The van der Waals surface area contributed by atoms with E-state index in [1.54, 1.807) is 13.2 Å². The van der Waals surface area contributed by atoms with Crippen LogP contribution in [0.15, 0.2) is 88.5 Å². The van der Waals surface area contributed by atoms with Crippen molar-refractivity contribution in [3.05, 3.63) is 116 Å². The number of aromatic amines is 1. The van der Waals surface area contributed by atoms with Crippen LogP contribution in [0.25, 0.3) is 11.1 Å². The summed E-state index contributed by atoms with van der Waals surface area (Å²) >= 11 is 0. The van der Waals surface area contributed by atoms with Gasteiger partial charge in [-0.3, -0.25) is 14.3 Å². The summed E-state index contributed by atoms with van der Waals surface area (Å²) in [6, 6.07) is 26.9. The van der Waals surface area contributed by atoms with Gasteiger partial charge in [-0.25, -0.2) is 4.79 Å². The Balaban J connectivity index is 1.67. The highest BCUT2D eigenvalue weighted by Gasteiger charge is 2.19. The van der Waals surface area contributed by atoms with Gasteiger partial charge in [-0.15, -0.1) is 0 Å². The number of nitrogen functional groups attached to an aromatic ring is 1. The number of benzene rings is 3. The predicted octanol–water partition coefficient (Wildman–Crippen LogP) is 3.36. The minimum atomic E-state index is -0.558. The van der Waals surface area contributed by atoms with Crippen LogP contribution in [0.3, 0.4) is 0 Å². The van der Waals surface area contributed by atoms with Gasteiger partial charge in [-0.1, -0.05) is 72.8 Å². The van der Waals surface area contributed by atoms with E-state index >= 15 is 0 Å². The lowest BCUT2D eigenvalue weighted by atomic mass is 9.99. The molecule has 0 bridgehead atoms. The van der Waals surface area contributed by atoms with E-state index in [1.807, 2.05) is 77.7 Å². The largest absolute Gasteiger partial charge is 0.383 e. The number of nitrogens with one attached hydrogen (secondary N) is 1. The number of rotatable bonds is 9. The van der Waals surface area contributed by atoms with Gasteiger partial charge in [0.25, 0.3) is 5.56 Å². The van der Waals surface area contributed by atoms with Crippen molar-refractivity contribution in [2.24, 2.45) is 0 Å². The quantitative estimate of drug-likeness (QED) is 0.379. The SMILES string of the molecule is COCCN(Cc1ccc(-c2ccccc2C#N)cc1)c1c(N)n(Cc2ccccc2)c(=O)[nH]c1=O. The second kappa shape index (κ2) is 11.2. The minimum Gasteiger partial charge on any atom is -0.383 e. The fourth-order valence-electron chi connectivity index (χ4n) is 4.12. The summed E-state index contributed by atoms with van der Waals surface area (Å²) in [7, 11) is 1.59. The summed E-state index contributed by atoms with van der Waals surface area (Å²) < 4.78 is 6.64. The van der Waals surface area contributed by atoms with Crippen LogP contribution in [-0.2, 0) is 17.8 Å². The van der Waals surface area contributed by atoms with E-state index in [0.717, 1.165) is 22.3 Å². The highest BCUT2D eigenvalue weighted by atomic mass is 16.5. The Bertz CT molecular complexity index is 1490. The summed E-state index contributed by atoms with van der Waals surface area (Å²) in [6.07, 6.45) is 0. The zero-order chi connectivity index (χ0) is 25.5. The standard InChI is InChI=1S/C28H27N5O3/c1-36-16-15-32(18-21-11-13-22(14-12-21)24-10-6-5-9-23(24)17-29)25-26(30)33(28(35)31-27(25)34)19-20-7-3-2-4-8-20/h2-14H,15-16,18-19,30H2,1H3,(H,31,34,35). The second-order valence-corrected chi connectivity index (χ2v) is 8.33. The first-order chi connectivity index (χ1) is 17.5. The zero-order valence-corrected chi connectivity index (χ0v) is 20.0. The van der Waals surface area contributed by atoms with Crippen LogP contribution in [-0.4, -0.2) is 29.8 Å². The van der Waals surface area contributed by atoms with Crippen LogP contribution < -0.4 is 21.9 Å². The average Bonchev–Trinajstić information content (AvgIpc) is 2.90. The molecule has 0 radical (unpaired) electrons. The summed E-state index contributed by atoms with van der Waals surface area (Å²) in [5, 5.41) is 9.41. The van der Waals surface area contributed by atoms with Gasteiger partial charge in [-0.05, 0) is 28.3 Å². The number of nitrogens with zero attached hydrogens (tertiary/aromatic N) is 3. The van der Waals surface area contributed by atoms with Crippen molar-refractivity contribution in [2.75, 3.05) is 30.9 Å². The van der Waals surface area contributed by atoms with E-state index in [9.17, 15) is 14.9 Å². The van der Waals surface area contributed by atoms with Crippen LogP contribution in [0.1, 0.15) is 16.7 Å². The lowest BCUT2D eigenvalue weighted by Crippen LogP contribution is -2.39. The molecule has 0 spiro atoms. The van der Waals surface area contributed by atoms with Crippen molar-refractivity contribution < 1.29 is 4.74 Å². The highest BCUT2D eigenvalue weighted by Crippen LogP contribution is 2.25. The van der Waals surface area contributed by atoms with Crippen molar-refractivity contribution in [3.63, 3.8) is 0 Å². The lowest BCUT2D eigenvalue weighted by Gasteiger charge is -2.26. The third-order valence-electron chi connectivity index (χ3n) is 5.97. The minimum absolute atomic E-state index is 0.100. The number of anilines is 2. The fraction of sp³-hybridized carbons (Fsp3) is 0.179. The number of nitrogens with two attached hydrogens (primary N) is 1. The van der Waals surface area contributed by atoms with E-state index in [0.29, 0.717) is 25.3 Å². The molecule has 36 heavy (non-hydrogen) atoms. The van der Waals surface area contributed by atoms with Crippen molar-refractivity contribution >= 4 is 11.5 Å². The Morgan fingerprint density at radius 3 is 2.36 bits per heavy atom. The van der Waals surface area contributed by atoms with Gasteiger partial charge in [0.05, 0.1) is 24.8 Å². The molecule has 0 fully saturated rings. The van der Waals surface area contributed by atoms with Crippen LogP contribution in [0.2, 0.25) is 0 Å². The highest BCUT2D eigenvalue weighted by molar-refractivity contribution is 5.70. The first-order valence-corrected chi connectivity index (χ1v) is 11.5. The molecule has 0 amide bonds. The molecular weight excluding hydrogens is 454 g/mol. The molecule has 3 aromatic carbocycles. The molecule has 4 rings (SSSR count). The number of nitriles is 1. The van der Waals surface area contributed by atoms with Gasteiger partial charge in [0.1, 0.15) is 11.5 Å². The van der Waals surface area contributed by atoms with Crippen molar-refractivity contribution in [2.45, 2.75) is 13.1 Å². The number of ether oxygens (including phenoxy) is 1. The van der Waals surface area contributed by atoms with E-state index in [2.05, 4.69) is 11.1 Å². The Kier molecular flexibility index (Phi) is 7.63. The monoisotopic (exact) mass is 481 g/mol. The molecule has 0 unspecified atom stereocenters. The summed E-state index contributed by atoms with van der Waals surface area (Å²) in [5.74, 6) is 0.100. The van der Waals surface area contributed by atoms with E-state index in [-0.39, 0.29) is 18.1 Å².